The Morgan fingerprint density at radius 2 is 2.11 bits per heavy atom. The first-order chi connectivity index (χ1) is 8.93. The van der Waals surface area contributed by atoms with Crippen molar-refractivity contribution in [3.8, 4) is 5.88 Å². The molecule has 104 valence electrons. The van der Waals surface area contributed by atoms with Crippen LogP contribution in [-0.4, -0.2) is 30.8 Å². The van der Waals surface area contributed by atoms with E-state index in [9.17, 15) is 14.0 Å². The maximum absolute atomic E-state index is 13.3. The molecule has 0 N–H and O–H groups in total. The van der Waals surface area contributed by atoms with Crippen molar-refractivity contribution in [3.63, 3.8) is 0 Å². The second-order valence-corrected chi connectivity index (χ2v) is 4.06. The Balaban J connectivity index is 2.63. The van der Waals surface area contributed by atoms with Gasteiger partial charge in [-0.3, -0.25) is 0 Å². The van der Waals surface area contributed by atoms with Gasteiger partial charge in [0.25, 0.3) is 0 Å². The number of aromatic nitrogens is 1. The number of nitrogens with zero attached hydrogens (tertiary/aromatic N) is 1. The summed E-state index contributed by atoms with van der Waals surface area (Å²) in [5.74, 6) is -2.00. The van der Waals surface area contributed by atoms with E-state index < -0.39 is 17.9 Å². The Morgan fingerprint density at radius 1 is 1.42 bits per heavy atom. The summed E-state index contributed by atoms with van der Waals surface area (Å²) in [5, 5.41) is 0. The fourth-order valence-corrected chi connectivity index (χ4v) is 1.09. The van der Waals surface area contributed by atoms with Crippen LogP contribution in [0, 0.1) is 11.7 Å². The molecule has 0 spiro atoms. The predicted molar refractivity (Wildman–Crippen MR) is 62.3 cm³/mol. The molecule has 0 aliphatic heterocycles. The smallest absolute Gasteiger partial charge is 0.479 e. The minimum atomic E-state index is -1.13. The van der Waals surface area contributed by atoms with Crippen LogP contribution in [0.5, 0.6) is 5.88 Å². The summed E-state index contributed by atoms with van der Waals surface area (Å²) in [5.41, 5.74) is -0.209. The van der Waals surface area contributed by atoms with Gasteiger partial charge in [-0.25, -0.2) is 19.0 Å². The molecule has 1 rings (SSSR count). The number of rotatable bonds is 4. The minimum absolute atomic E-state index is 0.114. The lowest BCUT2D eigenvalue weighted by molar-refractivity contribution is 0.0350. The summed E-state index contributed by atoms with van der Waals surface area (Å²) in [4.78, 5) is 26.2. The number of hydrogen-bond acceptors (Lipinski definition) is 6. The van der Waals surface area contributed by atoms with Crippen LogP contribution in [0.25, 0.3) is 0 Å². The second kappa shape index (κ2) is 6.67. The van der Waals surface area contributed by atoms with E-state index in [4.69, 9.17) is 0 Å². The third-order valence-electron chi connectivity index (χ3n) is 1.95. The highest BCUT2D eigenvalue weighted by atomic mass is 19.1. The van der Waals surface area contributed by atoms with Gasteiger partial charge in [0, 0.05) is 6.20 Å². The maximum Gasteiger partial charge on any atom is 0.516 e. The van der Waals surface area contributed by atoms with Gasteiger partial charge in [-0.05, 0) is 12.0 Å². The first-order valence-corrected chi connectivity index (χ1v) is 5.52. The fourth-order valence-electron chi connectivity index (χ4n) is 1.09. The summed E-state index contributed by atoms with van der Waals surface area (Å²) in [6, 6.07) is 0.865. The van der Waals surface area contributed by atoms with E-state index in [2.05, 4.69) is 19.2 Å². The van der Waals surface area contributed by atoms with Gasteiger partial charge in [-0.2, -0.15) is 0 Å². The van der Waals surface area contributed by atoms with E-state index in [1.165, 1.54) is 7.11 Å². The summed E-state index contributed by atoms with van der Waals surface area (Å²) in [6.45, 7) is 3.79. The van der Waals surface area contributed by atoms with Gasteiger partial charge in [-0.1, -0.05) is 13.8 Å². The van der Waals surface area contributed by atoms with Crippen LogP contribution in [0.2, 0.25) is 0 Å². The van der Waals surface area contributed by atoms with Gasteiger partial charge in [-0.15, -0.1) is 0 Å². The van der Waals surface area contributed by atoms with Crippen molar-refractivity contribution >= 4 is 12.1 Å². The van der Waals surface area contributed by atoms with Gasteiger partial charge >= 0.3 is 12.1 Å². The Labute approximate surface area is 109 Å². The molecule has 1 aromatic heterocycles. The molecule has 0 amide bonds. The zero-order valence-corrected chi connectivity index (χ0v) is 10.8. The molecule has 0 bridgehead atoms. The molecule has 1 aromatic rings. The van der Waals surface area contributed by atoms with Crippen molar-refractivity contribution in [3.05, 3.63) is 23.6 Å². The lowest BCUT2D eigenvalue weighted by atomic mass is 10.2. The fraction of sp³-hybridized carbons (Fsp3) is 0.417. The highest BCUT2D eigenvalue weighted by Gasteiger charge is 2.17. The number of pyridine rings is 1. The van der Waals surface area contributed by atoms with Crippen LogP contribution in [-0.2, 0) is 9.47 Å². The molecule has 1 heterocycles. The summed E-state index contributed by atoms with van der Waals surface area (Å²) in [7, 11) is 1.24. The molecule has 6 nitrogen and oxygen atoms in total. The Morgan fingerprint density at radius 3 is 2.63 bits per heavy atom. The second-order valence-electron chi connectivity index (χ2n) is 4.06. The van der Waals surface area contributed by atoms with Crippen LogP contribution >= 0.6 is 0 Å². The number of methoxy groups -OCH3 is 1. The van der Waals surface area contributed by atoms with E-state index in [0.29, 0.717) is 0 Å². The number of carbonyl (C=O) groups excluding carboxylic acids is 2. The van der Waals surface area contributed by atoms with E-state index in [1.807, 2.05) is 13.8 Å². The van der Waals surface area contributed by atoms with E-state index in [-0.39, 0.29) is 24.0 Å². The standard InChI is InChI=1S/C12H14FNO5/c1-7(2)6-18-12(16)19-11(15)8-4-9(13)10(17-3)14-5-8/h4-5,7H,6H2,1-3H3. The third kappa shape index (κ3) is 4.53. The van der Waals surface area contributed by atoms with Crippen molar-refractivity contribution in [1.82, 2.24) is 4.98 Å². The normalized spacial score (nSPS) is 10.2. The van der Waals surface area contributed by atoms with Crippen LogP contribution in [0.1, 0.15) is 24.2 Å². The minimum Gasteiger partial charge on any atom is -0.479 e. The van der Waals surface area contributed by atoms with Crippen molar-refractivity contribution in [2.75, 3.05) is 13.7 Å². The zero-order valence-electron chi connectivity index (χ0n) is 10.8. The molecule has 0 saturated carbocycles. The van der Waals surface area contributed by atoms with Crippen LogP contribution in [0.15, 0.2) is 12.3 Å². The lowest BCUT2D eigenvalue weighted by Gasteiger charge is -2.07. The van der Waals surface area contributed by atoms with Gasteiger partial charge in [0.2, 0.25) is 5.88 Å². The topological polar surface area (TPSA) is 74.7 Å². The molecule has 0 aliphatic rings. The van der Waals surface area contributed by atoms with Crippen LogP contribution in [0.4, 0.5) is 9.18 Å². The first-order valence-electron chi connectivity index (χ1n) is 5.52. The molecule has 0 fully saturated rings. The molecule has 0 aromatic carbocycles. The van der Waals surface area contributed by atoms with Crippen LogP contribution < -0.4 is 4.74 Å². The largest absolute Gasteiger partial charge is 0.516 e. The molecule has 0 atom stereocenters. The van der Waals surface area contributed by atoms with E-state index >= 15 is 0 Å². The highest BCUT2D eigenvalue weighted by molar-refractivity contribution is 5.95. The molecule has 0 unspecified atom stereocenters. The average Bonchev–Trinajstić information content (AvgIpc) is 2.36. The predicted octanol–water partition coefficient (Wildman–Crippen LogP) is 2.18. The maximum atomic E-state index is 13.3. The number of hydrogen-bond donors (Lipinski definition) is 0. The molecule has 7 heteroatoms. The molecule has 0 saturated heterocycles. The number of halogens is 1. The van der Waals surface area contributed by atoms with Gasteiger partial charge in [0.1, 0.15) is 0 Å². The van der Waals surface area contributed by atoms with E-state index in [0.717, 1.165) is 12.3 Å². The zero-order chi connectivity index (χ0) is 14.4. The summed E-state index contributed by atoms with van der Waals surface area (Å²) in [6.07, 6.45) is -0.0881. The van der Waals surface area contributed by atoms with Gasteiger partial charge in [0.05, 0.1) is 19.3 Å². The monoisotopic (exact) mass is 271 g/mol. The van der Waals surface area contributed by atoms with Crippen molar-refractivity contribution in [2.24, 2.45) is 5.92 Å². The Hall–Kier alpha value is -2.18. The summed E-state index contributed by atoms with van der Waals surface area (Å²) >= 11 is 0. The Bertz CT molecular complexity index is 475. The van der Waals surface area contributed by atoms with Gasteiger partial charge < -0.3 is 14.2 Å². The Kier molecular flexibility index (Phi) is 5.23. The molecule has 19 heavy (non-hydrogen) atoms. The highest BCUT2D eigenvalue weighted by Crippen LogP contribution is 2.14. The van der Waals surface area contributed by atoms with E-state index in [1.54, 1.807) is 0 Å². The quantitative estimate of drug-likeness (QED) is 0.617. The summed E-state index contributed by atoms with van der Waals surface area (Å²) < 4.78 is 26.9. The van der Waals surface area contributed by atoms with Crippen LogP contribution in [0.3, 0.4) is 0 Å². The first kappa shape index (κ1) is 14.9. The van der Waals surface area contributed by atoms with Crippen molar-refractivity contribution < 1.29 is 28.2 Å². The third-order valence-corrected chi connectivity index (χ3v) is 1.95. The number of ether oxygens (including phenoxy) is 3. The lowest BCUT2D eigenvalue weighted by Crippen LogP contribution is -2.16. The number of carbonyl (C=O) groups is 2. The van der Waals surface area contributed by atoms with Gasteiger partial charge in [0.15, 0.2) is 5.82 Å². The molecule has 0 radical (unpaired) electrons. The number of esters is 1. The van der Waals surface area contributed by atoms with Crippen molar-refractivity contribution in [1.29, 1.82) is 0 Å². The van der Waals surface area contributed by atoms with Crippen molar-refractivity contribution in [2.45, 2.75) is 13.8 Å². The molecular formula is C12H14FNO5. The molecular weight excluding hydrogens is 257 g/mol. The molecule has 0 aliphatic carbocycles. The average molecular weight is 271 g/mol. The SMILES string of the molecule is COc1ncc(C(=O)OC(=O)OCC(C)C)cc1F.